The number of epoxide rings is 1. The number of hydrogen-bond donors (Lipinski definition) is 0. The van der Waals surface area contributed by atoms with Gasteiger partial charge in [-0.15, -0.1) is 0 Å². The highest BCUT2D eigenvalue weighted by Crippen LogP contribution is 2.08. The molecule has 1 heterocycles. The molecule has 1 unspecified atom stereocenters. The summed E-state index contributed by atoms with van der Waals surface area (Å²) in [6.07, 6.45) is -0.227. The van der Waals surface area contributed by atoms with Gasteiger partial charge in [-0.1, -0.05) is 0 Å². The lowest BCUT2D eigenvalue weighted by Crippen LogP contribution is -1.90. The van der Waals surface area contributed by atoms with E-state index in [1.807, 2.05) is 0 Å². The van der Waals surface area contributed by atoms with Gasteiger partial charge < -0.3 is 9.47 Å². The Balaban J connectivity index is 1.88. The fourth-order valence-corrected chi connectivity index (χ4v) is 0.206. The molecule has 0 aromatic heterocycles. The highest BCUT2D eigenvalue weighted by molar-refractivity contribution is 4.52. The van der Waals surface area contributed by atoms with Crippen LogP contribution in [0.15, 0.2) is 0 Å². The molecular formula is C3H5FO2. The number of hydrogen-bond acceptors (Lipinski definition) is 2. The number of rotatable bonds is 2. The minimum absolute atomic E-state index is 0.227. The van der Waals surface area contributed by atoms with Crippen LogP contribution in [0.5, 0.6) is 0 Å². The summed E-state index contributed by atoms with van der Waals surface area (Å²) in [4.78, 5) is 0. The molecule has 2 nitrogen and oxygen atoms in total. The normalized spacial score (nSPS) is 30.5. The van der Waals surface area contributed by atoms with Gasteiger partial charge in [-0.3, -0.25) is 0 Å². The van der Waals surface area contributed by atoms with Crippen LogP contribution in [0, 0.1) is 0 Å². The Labute approximate surface area is 34.9 Å². The highest BCUT2D eigenvalue weighted by atomic mass is 19.1. The Kier molecular flexibility index (Phi) is 1.03. The fourth-order valence-electron chi connectivity index (χ4n) is 0.206. The Morgan fingerprint density at radius 2 is 2.67 bits per heavy atom. The van der Waals surface area contributed by atoms with Gasteiger partial charge in [0.05, 0.1) is 0 Å². The van der Waals surface area contributed by atoms with E-state index in [2.05, 4.69) is 9.47 Å². The first-order valence-electron chi connectivity index (χ1n) is 1.72. The van der Waals surface area contributed by atoms with E-state index < -0.39 is 6.86 Å². The Morgan fingerprint density at radius 1 is 2.00 bits per heavy atom. The van der Waals surface area contributed by atoms with Gasteiger partial charge in [0.25, 0.3) is 0 Å². The lowest BCUT2D eigenvalue weighted by atomic mass is 10.9. The van der Waals surface area contributed by atoms with Crippen LogP contribution in [0.4, 0.5) is 4.39 Å². The average molecular weight is 92.1 g/mol. The molecule has 36 valence electrons. The van der Waals surface area contributed by atoms with Gasteiger partial charge >= 0.3 is 0 Å². The second-order valence-corrected chi connectivity index (χ2v) is 1.04. The van der Waals surface area contributed by atoms with E-state index in [-0.39, 0.29) is 6.29 Å². The maximum absolute atomic E-state index is 11.0. The van der Waals surface area contributed by atoms with E-state index in [0.717, 1.165) is 0 Å². The topological polar surface area (TPSA) is 21.8 Å². The molecule has 0 aliphatic carbocycles. The zero-order valence-electron chi connectivity index (χ0n) is 3.19. The lowest BCUT2D eigenvalue weighted by molar-refractivity contribution is -0.00344. The van der Waals surface area contributed by atoms with Crippen LogP contribution in [0.3, 0.4) is 0 Å². The fraction of sp³-hybridized carbons (Fsp3) is 1.00. The molecule has 0 N–H and O–H groups in total. The van der Waals surface area contributed by atoms with Crippen molar-refractivity contribution in [2.45, 2.75) is 6.29 Å². The minimum Gasteiger partial charge on any atom is -0.345 e. The van der Waals surface area contributed by atoms with Gasteiger partial charge in [-0.2, -0.15) is 0 Å². The summed E-state index contributed by atoms with van der Waals surface area (Å²) >= 11 is 0. The van der Waals surface area contributed by atoms with Crippen molar-refractivity contribution in [3.05, 3.63) is 0 Å². The molecular weight excluding hydrogens is 87.0 g/mol. The third kappa shape index (κ3) is 0.914. The van der Waals surface area contributed by atoms with Gasteiger partial charge in [-0.05, 0) is 0 Å². The van der Waals surface area contributed by atoms with Crippen molar-refractivity contribution < 1.29 is 13.9 Å². The SMILES string of the molecule is FCOC1CO1. The summed E-state index contributed by atoms with van der Waals surface area (Å²) in [5, 5.41) is 0. The van der Waals surface area contributed by atoms with Gasteiger partial charge in [0.2, 0.25) is 0 Å². The van der Waals surface area contributed by atoms with Crippen LogP contribution in [-0.4, -0.2) is 19.8 Å². The minimum atomic E-state index is -0.731. The van der Waals surface area contributed by atoms with Crippen molar-refractivity contribution >= 4 is 0 Å². The quantitative estimate of drug-likeness (QED) is 0.456. The van der Waals surface area contributed by atoms with Gasteiger partial charge in [-0.25, -0.2) is 4.39 Å². The van der Waals surface area contributed by atoms with Crippen molar-refractivity contribution in [3.8, 4) is 0 Å². The molecule has 1 fully saturated rings. The van der Waals surface area contributed by atoms with Gasteiger partial charge in [0.1, 0.15) is 6.61 Å². The third-order valence-electron chi connectivity index (χ3n) is 0.552. The molecule has 0 saturated carbocycles. The van der Waals surface area contributed by atoms with Crippen molar-refractivity contribution in [1.29, 1.82) is 0 Å². The molecule has 1 atom stereocenters. The van der Waals surface area contributed by atoms with E-state index in [0.29, 0.717) is 6.61 Å². The number of halogens is 1. The third-order valence-corrected chi connectivity index (χ3v) is 0.552. The van der Waals surface area contributed by atoms with Crippen LogP contribution in [0.1, 0.15) is 0 Å². The summed E-state index contributed by atoms with van der Waals surface area (Å²) in [5.74, 6) is 0. The lowest BCUT2D eigenvalue weighted by Gasteiger charge is -1.83. The first-order chi connectivity index (χ1) is 2.93. The molecule has 3 heteroatoms. The Bertz CT molecular complexity index is 44.1. The maximum atomic E-state index is 11.0. The molecule has 0 amide bonds. The van der Waals surface area contributed by atoms with E-state index >= 15 is 0 Å². The molecule has 1 aliphatic rings. The molecule has 0 aromatic carbocycles. The van der Waals surface area contributed by atoms with Crippen LogP contribution in [-0.2, 0) is 9.47 Å². The van der Waals surface area contributed by atoms with E-state index in [1.165, 1.54) is 0 Å². The standard InChI is InChI=1S/C3H5FO2/c4-2-6-3-1-5-3/h3H,1-2H2. The average Bonchev–Trinajstić information content (AvgIpc) is 2.21. The molecule has 6 heavy (non-hydrogen) atoms. The molecule has 0 radical (unpaired) electrons. The first-order valence-corrected chi connectivity index (χ1v) is 1.72. The van der Waals surface area contributed by atoms with Crippen LogP contribution in [0.25, 0.3) is 0 Å². The predicted octanol–water partition coefficient (Wildman–Crippen LogP) is 0.286. The second-order valence-electron chi connectivity index (χ2n) is 1.04. The van der Waals surface area contributed by atoms with Crippen molar-refractivity contribution in [1.82, 2.24) is 0 Å². The van der Waals surface area contributed by atoms with Crippen molar-refractivity contribution in [3.63, 3.8) is 0 Å². The van der Waals surface area contributed by atoms with E-state index in [1.54, 1.807) is 0 Å². The smallest absolute Gasteiger partial charge is 0.191 e. The number of ether oxygens (including phenoxy) is 2. The maximum Gasteiger partial charge on any atom is 0.191 e. The molecule has 1 rings (SSSR count). The van der Waals surface area contributed by atoms with Gasteiger partial charge in [0, 0.05) is 0 Å². The summed E-state index contributed by atoms with van der Waals surface area (Å²) in [6.45, 7) is -0.172. The van der Waals surface area contributed by atoms with Crippen LogP contribution < -0.4 is 0 Å². The molecule has 0 aromatic rings. The Morgan fingerprint density at radius 3 is 2.83 bits per heavy atom. The monoisotopic (exact) mass is 92.0 g/mol. The second kappa shape index (κ2) is 1.53. The van der Waals surface area contributed by atoms with E-state index in [4.69, 9.17) is 0 Å². The number of alkyl halides is 1. The van der Waals surface area contributed by atoms with Gasteiger partial charge in [0.15, 0.2) is 13.2 Å². The first kappa shape index (κ1) is 4.02. The zero-order valence-corrected chi connectivity index (χ0v) is 3.19. The van der Waals surface area contributed by atoms with E-state index in [9.17, 15) is 4.39 Å². The summed E-state index contributed by atoms with van der Waals surface area (Å²) < 4.78 is 19.7. The zero-order chi connectivity index (χ0) is 4.41. The molecule has 0 bridgehead atoms. The van der Waals surface area contributed by atoms with Crippen molar-refractivity contribution in [2.75, 3.05) is 13.5 Å². The molecule has 1 aliphatic heterocycles. The van der Waals surface area contributed by atoms with Crippen molar-refractivity contribution in [2.24, 2.45) is 0 Å². The largest absolute Gasteiger partial charge is 0.345 e. The summed E-state index contributed by atoms with van der Waals surface area (Å²) in [7, 11) is 0. The Hall–Kier alpha value is -0.150. The van der Waals surface area contributed by atoms with Crippen LogP contribution >= 0.6 is 0 Å². The molecule has 1 saturated heterocycles. The predicted molar refractivity (Wildman–Crippen MR) is 16.8 cm³/mol. The summed E-state index contributed by atoms with van der Waals surface area (Å²) in [5.41, 5.74) is 0. The summed E-state index contributed by atoms with van der Waals surface area (Å²) in [6, 6.07) is 0. The highest BCUT2D eigenvalue weighted by Gasteiger charge is 2.22. The molecule has 0 spiro atoms. The van der Waals surface area contributed by atoms with Crippen LogP contribution in [0.2, 0.25) is 0 Å².